The molecule has 0 spiro atoms. The van der Waals surface area contributed by atoms with Gasteiger partial charge >= 0.3 is 6.09 Å². The number of thioether (sulfide) groups is 1. The second-order valence-electron chi connectivity index (χ2n) is 6.12. The van der Waals surface area contributed by atoms with Crippen LogP contribution in [0.1, 0.15) is 26.2 Å². The van der Waals surface area contributed by atoms with Gasteiger partial charge in [0.2, 0.25) is 0 Å². The van der Waals surface area contributed by atoms with Crippen molar-refractivity contribution >= 4 is 23.8 Å². The van der Waals surface area contributed by atoms with Crippen LogP contribution in [0.3, 0.4) is 0 Å². The highest BCUT2D eigenvalue weighted by Crippen LogP contribution is 2.17. The van der Waals surface area contributed by atoms with Gasteiger partial charge in [-0.2, -0.15) is 0 Å². The van der Waals surface area contributed by atoms with E-state index in [0.29, 0.717) is 12.6 Å². The monoisotopic (exact) mass is 378 g/mol. The number of nitrogens with one attached hydrogen (secondary N) is 2. The van der Waals surface area contributed by atoms with E-state index in [0.717, 1.165) is 50.6 Å². The average Bonchev–Trinajstić information content (AvgIpc) is 2.68. The summed E-state index contributed by atoms with van der Waals surface area (Å²) < 4.78 is 5.06. The predicted octanol–water partition coefficient (Wildman–Crippen LogP) is 2.95. The van der Waals surface area contributed by atoms with Crippen LogP contribution in [-0.2, 0) is 4.74 Å². The Morgan fingerprint density at radius 3 is 2.69 bits per heavy atom. The van der Waals surface area contributed by atoms with Crippen molar-refractivity contribution in [3.63, 3.8) is 0 Å². The molecule has 0 unspecified atom stereocenters. The molecule has 2 N–H and O–H groups in total. The first-order chi connectivity index (χ1) is 12.7. The third-order valence-corrected chi connectivity index (χ3v) is 5.31. The lowest BCUT2D eigenvalue weighted by Crippen LogP contribution is -2.50. The van der Waals surface area contributed by atoms with E-state index < -0.39 is 0 Å². The molecular formula is C19H30N4O2S. The van der Waals surface area contributed by atoms with E-state index in [1.807, 2.05) is 24.8 Å². The first-order valence-corrected chi connectivity index (χ1v) is 10.3. The molecule has 0 aromatic heterocycles. The zero-order valence-corrected chi connectivity index (χ0v) is 16.6. The van der Waals surface area contributed by atoms with Crippen LogP contribution in [0.25, 0.3) is 0 Å². The average molecular weight is 379 g/mol. The van der Waals surface area contributed by atoms with E-state index >= 15 is 0 Å². The second-order valence-corrected chi connectivity index (χ2v) is 7.29. The Labute approximate surface area is 160 Å². The van der Waals surface area contributed by atoms with Crippen LogP contribution >= 0.6 is 11.8 Å². The van der Waals surface area contributed by atoms with Crippen molar-refractivity contribution in [2.45, 2.75) is 37.1 Å². The van der Waals surface area contributed by atoms with Crippen LogP contribution < -0.4 is 10.6 Å². The van der Waals surface area contributed by atoms with Gasteiger partial charge in [-0.15, -0.1) is 11.8 Å². The van der Waals surface area contributed by atoms with E-state index in [4.69, 9.17) is 4.74 Å². The molecule has 2 rings (SSSR count). The molecule has 0 radical (unpaired) electrons. The number of guanidine groups is 1. The smallest absolute Gasteiger partial charge is 0.409 e. The summed E-state index contributed by atoms with van der Waals surface area (Å²) in [5, 5.41) is 6.84. The number of benzene rings is 1. The zero-order valence-electron chi connectivity index (χ0n) is 15.7. The Bertz CT molecular complexity index is 560. The molecule has 1 fully saturated rings. The highest BCUT2D eigenvalue weighted by Gasteiger charge is 2.23. The highest BCUT2D eigenvalue weighted by molar-refractivity contribution is 7.99. The van der Waals surface area contributed by atoms with Crippen LogP contribution in [0.4, 0.5) is 4.79 Å². The molecule has 26 heavy (non-hydrogen) atoms. The van der Waals surface area contributed by atoms with Gasteiger partial charge in [0.05, 0.1) is 6.61 Å². The van der Waals surface area contributed by atoms with Crippen molar-refractivity contribution in [2.24, 2.45) is 4.99 Å². The Kier molecular flexibility index (Phi) is 9.17. The molecule has 144 valence electrons. The number of amides is 1. The van der Waals surface area contributed by atoms with Crippen molar-refractivity contribution in [1.82, 2.24) is 15.5 Å². The Hall–Kier alpha value is -1.89. The van der Waals surface area contributed by atoms with Gasteiger partial charge in [-0.05, 0) is 44.1 Å². The third-order valence-electron chi connectivity index (χ3n) is 4.21. The highest BCUT2D eigenvalue weighted by atomic mass is 32.2. The fraction of sp³-hybridized carbons (Fsp3) is 0.579. The normalized spacial score (nSPS) is 15.6. The van der Waals surface area contributed by atoms with Crippen molar-refractivity contribution in [2.75, 3.05) is 39.0 Å². The first-order valence-electron chi connectivity index (χ1n) is 9.29. The summed E-state index contributed by atoms with van der Waals surface area (Å²) in [6, 6.07) is 10.8. The summed E-state index contributed by atoms with van der Waals surface area (Å²) in [5.74, 6) is 1.91. The fourth-order valence-corrected chi connectivity index (χ4v) is 3.67. The Morgan fingerprint density at radius 2 is 2.04 bits per heavy atom. The number of likely N-dealkylation sites (tertiary alicyclic amines) is 1. The van der Waals surface area contributed by atoms with Crippen molar-refractivity contribution in [1.29, 1.82) is 0 Å². The molecule has 1 saturated heterocycles. The minimum absolute atomic E-state index is 0.204. The molecule has 0 saturated carbocycles. The van der Waals surface area contributed by atoms with Gasteiger partial charge < -0.3 is 20.3 Å². The fourth-order valence-electron chi connectivity index (χ4n) is 2.79. The van der Waals surface area contributed by atoms with E-state index in [1.165, 1.54) is 4.90 Å². The molecule has 0 atom stereocenters. The number of piperidine rings is 1. The topological polar surface area (TPSA) is 66.0 Å². The van der Waals surface area contributed by atoms with Crippen LogP contribution in [0.5, 0.6) is 0 Å². The lowest BCUT2D eigenvalue weighted by Gasteiger charge is -2.32. The Balaban J connectivity index is 1.60. The van der Waals surface area contributed by atoms with Crippen LogP contribution in [0, 0.1) is 0 Å². The molecule has 1 aliphatic rings. The molecule has 1 aromatic carbocycles. The first kappa shape index (κ1) is 20.4. The van der Waals surface area contributed by atoms with E-state index in [-0.39, 0.29) is 6.09 Å². The third kappa shape index (κ3) is 7.15. The SMILES string of the molecule is CCOC(=O)N1CCC(NC(=NC)NCCCSc2ccccc2)CC1. The number of carbonyl (C=O) groups excluding carboxylic acids is 1. The molecule has 1 heterocycles. The van der Waals surface area contributed by atoms with Crippen LogP contribution in [0.15, 0.2) is 40.2 Å². The van der Waals surface area contributed by atoms with Crippen molar-refractivity contribution in [3.05, 3.63) is 30.3 Å². The number of hydrogen-bond acceptors (Lipinski definition) is 4. The van der Waals surface area contributed by atoms with Gasteiger partial charge in [-0.25, -0.2) is 4.79 Å². The van der Waals surface area contributed by atoms with Crippen molar-refractivity contribution in [3.8, 4) is 0 Å². The maximum absolute atomic E-state index is 11.7. The second kappa shape index (κ2) is 11.7. The molecule has 1 amide bonds. The largest absolute Gasteiger partial charge is 0.450 e. The number of carbonyl (C=O) groups is 1. The van der Waals surface area contributed by atoms with Gasteiger partial charge in [-0.1, -0.05) is 18.2 Å². The van der Waals surface area contributed by atoms with E-state index in [1.54, 1.807) is 11.9 Å². The van der Waals surface area contributed by atoms with E-state index in [2.05, 4.69) is 39.9 Å². The Morgan fingerprint density at radius 1 is 1.31 bits per heavy atom. The van der Waals surface area contributed by atoms with E-state index in [9.17, 15) is 4.79 Å². The summed E-state index contributed by atoms with van der Waals surface area (Å²) in [7, 11) is 1.79. The zero-order chi connectivity index (χ0) is 18.6. The van der Waals surface area contributed by atoms with Crippen LogP contribution in [-0.4, -0.2) is 62.0 Å². The molecule has 0 bridgehead atoms. The lowest BCUT2D eigenvalue weighted by molar-refractivity contribution is 0.0963. The maximum atomic E-state index is 11.7. The minimum atomic E-state index is -0.204. The predicted molar refractivity (Wildman–Crippen MR) is 108 cm³/mol. The van der Waals surface area contributed by atoms with Gasteiger partial charge in [0.15, 0.2) is 5.96 Å². The summed E-state index contributed by atoms with van der Waals surface area (Å²) in [4.78, 5) is 19.1. The standard InChI is InChI=1S/C19H30N4O2S/c1-3-25-19(24)23-13-10-16(11-14-23)22-18(20-2)21-12-7-15-26-17-8-5-4-6-9-17/h4-6,8-9,16H,3,7,10-15H2,1-2H3,(H2,20,21,22). The van der Waals surface area contributed by atoms with Gasteiger partial charge in [0, 0.05) is 37.6 Å². The molecule has 6 nitrogen and oxygen atoms in total. The number of ether oxygens (including phenoxy) is 1. The molecular weight excluding hydrogens is 348 g/mol. The summed E-state index contributed by atoms with van der Waals surface area (Å²) in [6.45, 7) is 4.60. The number of hydrogen-bond donors (Lipinski definition) is 2. The summed E-state index contributed by atoms with van der Waals surface area (Å²) >= 11 is 1.87. The molecule has 0 aliphatic carbocycles. The number of rotatable bonds is 7. The quantitative estimate of drug-likeness (QED) is 0.330. The molecule has 7 heteroatoms. The van der Waals surface area contributed by atoms with Crippen LogP contribution in [0.2, 0.25) is 0 Å². The maximum Gasteiger partial charge on any atom is 0.409 e. The van der Waals surface area contributed by atoms with Crippen molar-refractivity contribution < 1.29 is 9.53 Å². The number of nitrogens with zero attached hydrogens (tertiary/aromatic N) is 2. The van der Waals surface area contributed by atoms with Gasteiger partial charge in [-0.3, -0.25) is 4.99 Å². The van der Waals surface area contributed by atoms with Gasteiger partial charge in [0.25, 0.3) is 0 Å². The summed E-state index contributed by atoms with van der Waals surface area (Å²) in [5.41, 5.74) is 0. The van der Waals surface area contributed by atoms with Gasteiger partial charge in [0.1, 0.15) is 0 Å². The summed E-state index contributed by atoms with van der Waals surface area (Å²) in [6.07, 6.45) is 2.68. The lowest BCUT2D eigenvalue weighted by atomic mass is 10.1. The molecule has 1 aromatic rings. The minimum Gasteiger partial charge on any atom is -0.450 e. The number of aliphatic imine (C=N–C) groups is 1. The molecule has 1 aliphatic heterocycles.